The molecule has 8 aromatic rings. The average Bonchev–Trinajstić information content (AvgIpc) is 1.68. The second kappa shape index (κ2) is 37.3. The van der Waals surface area contributed by atoms with Gasteiger partial charge in [0.15, 0.2) is 23.0 Å². The molecule has 0 spiro atoms. The van der Waals surface area contributed by atoms with E-state index in [1.807, 2.05) is 130 Å². The van der Waals surface area contributed by atoms with Crippen LogP contribution in [0.15, 0.2) is 166 Å². The molecular formula is C95H113FN12O15. The number of amidine groups is 4. The van der Waals surface area contributed by atoms with Gasteiger partial charge in [-0.3, -0.25) is 38.8 Å². The Balaban J connectivity index is 0.000000141. The molecule has 650 valence electrons. The number of aryl methyl sites for hydroxylation is 4. The minimum absolute atomic E-state index is 0.339. The van der Waals surface area contributed by atoms with Crippen LogP contribution in [0.25, 0.3) is 0 Å². The Hall–Kier alpha value is -12.1. The summed E-state index contributed by atoms with van der Waals surface area (Å²) >= 11 is 0. The Morgan fingerprint density at radius 2 is 0.561 bits per heavy atom. The third kappa shape index (κ3) is 21.2. The monoisotopic (exact) mass is 1680 g/mol. The van der Waals surface area contributed by atoms with Gasteiger partial charge in [0, 0.05) is 143 Å². The number of piperazine rings is 4. The van der Waals surface area contributed by atoms with E-state index in [1.54, 1.807) is 82.8 Å². The summed E-state index contributed by atoms with van der Waals surface area (Å²) in [7, 11) is 4.93. The number of nitrogens with zero attached hydrogens (tertiary/aromatic N) is 12. The topological polar surface area (TPSA) is 289 Å². The summed E-state index contributed by atoms with van der Waals surface area (Å²) in [4.78, 5) is 83.6. The molecule has 28 heteroatoms. The number of carbonyl (C=O) groups is 4. The first-order valence-corrected chi connectivity index (χ1v) is 41.7. The van der Waals surface area contributed by atoms with Gasteiger partial charge in [-0.25, -0.2) is 24.4 Å². The summed E-state index contributed by atoms with van der Waals surface area (Å²) in [6.45, 7) is 36.4. The van der Waals surface area contributed by atoms with Crippen molar-refractivity contribution in [3.05, 3.63) is 196 Å². The lowest BCUT2D eigenvalue weighted by atomic mass is 9.93. The zero-order valence-electron chi connectivity index (χ0n) is 73.0. The maximum absolute atomic E-state index is 14.1. The van der Waals surface area contributed by atoms with E-state index < -0.39 is 45.5 Å². The van der Waals surface area contributed by atoms with Gasteiger partial charge in [-0.2, -0.15) is 0 Å². The minimum Gasteiger partial charge on any atom is -0.497 e. The van der Waals surface area contributed by atoms with E-state index >= 15 is 0 Å². The number of rotatable bonds is 15. The third-order valence-corrected chi connectivity index (χ3v) is 23.2. The number of fused-ring (bicyclic) bond motifs is 8. The molecular weight excluding hydrogens is 1570 g/mol. The zero-order valence-corrected chi connectivity index (χ0v) is 73.0. The first-order valence-electron chi connectivity index (χ1n) is 41.7. The lowest BCUT2D eigenvalue weighted by Gasteiger charge is -2.39. The molecule has 0 saturated carbocycles. The Labute approximate surface area is 718 Å². The van der Waals surface area contributed by atoms with Crippen molar-refractivity contribution in [2.75, 3.05) is 152 Å². The summed E-state index contributed by atoms with van der Waals surface area (Å²) in [6, 6.07) is 45.7. The molecule has 27 nitrogen and oxygen atoms in total. The van der Waals surface area contributed by atoms with Crippen LogP contribution in [-0.4, -0.2) is 259 Å². The molecule has 0 radical (unpaired) electrons. The molecule has 8 aliphatic rings. The molecule has 4 saturated heterocycles. The van der Waals surface area contributed by atoms with Crippen LogP contribution < -0.4 is 33.2 Å². The molecule has 0 atom stereocenters. The van der Waals surface area contributed by atoms with E-state index in [2.05, 4.69) is 64.3 Å². The van der Waals surface area contributed by atoms with Gasteiger partial charge >= 0.3 is 23.9 Å². The summed E-state index contributed by atoms with van der Waals surface area (Å²) in [6.07, 6.45) is 0. The second-order valence-corrected chi connectivity index (χ2v) is 35.1. The molecule has 8 aromatic carbocycles. The summed E-state index contributed by atoms with van der Waals surface area (Å²) in [5, 5.41) is 37.8. The Bertz CT molecular complexity index is 5400. The number of aliphatic imine (C=N–C) groups is 4. The SMILES string of the molecule is COc1ccc2c(c1)C(N1CCN(CC(C)(C)C(=O)O)CC1)=Nc1cc(C)ccc1O2.COc1ccc2c(c1)N=C(N1CCN(CC(C)(C)C(=O)O)CC1)c1cc(C)ccc1O2.COc1ccc2c(c1)N=C(N1CCN(CC(C)(C)C(=O)O)CC1)c1ccc(C)cc1O2.Cc1ccc2c(c1)N=C(N1CCN(CC(C)(C)C(=O)O)CC1)c1cc(F)ccc1O2. The van der Waals surface area contributed by atoms with Gasteiger partial charge in [-0.1, -0.05) is 29.8 Å². The zero-order chi connectivity index (χ0) is 88.0. The van der Waals surface area contributed by atoms with Crippen molar-refractivity contribution >= 4 is 70.0 Å². The van der Waals surface area contributed by atoms with Crippen LogP contribution in [0.5, 0.6) is 63.2 Å². The number of hydrogen-bond acceptors (Lipinski definition) is 23. The van der Waals surface area contributed by atoms with Gasteiger partial charge in [-0.15, -0.1) is 0 Å². The average molecular weight is 1680 g/mol. The largest absolute Gasteiger partial charge is 0.497 e. The van der Waals surface area contributed by atoms with Crippen molar-refractivity contribution in [1.82, 2.24) is 39.2 Å². The second-order valence-electron chi connectivity index (χ2n) is 35.1. The fraction of sp³-hybridized carbons (Fsp3) is 0.411. The van der Waals surface area contributed by atoms with Crippen molar-refractivity contribution in [2.24, 2.45) is 41.6 Å². The van der Waals surface area contributed by atoms with E-state index in [0.717, 1.165) is 198 Å². The van der Waals surface area contributed by atoms with Gasteiger partial charge < -0.3 is 73.2 Å². The van der Waals surface area contributed by atoms with E-state index in [4.69, 9.17) is 53.1 Å². The third-order valence-electron chi connectivity index (χ3n) is 23.2. The Kier molecular flexibility index (Phi) is 26.9. The fourth-order valence-corrected chi connectivity index (χ4v) is 15.8. The quantitative estimate of drug-likeness (QED) is 0.0741. The molecule has 0 amide bonds. The number of hydrogen-bond donors (Lipinski definition) is 4. The predicted octanol–water partition coefficient (Wildman–Crippen LogP) is 15.8. The number of carboxylic acids is 4. The van der Waals surface area contributed by atoms with Crippen molar-refractivity contribution in [2.45, 2.75) is 83.1 Å². The first-order chi connectivity index (χ1) is 58.5. The molecule has 8 heterocycles. The number of aliphatic carboxylic acids is 4. The van der Waals surface area contributed by atoms with Crippen molar-refractivity contribution in [1.29, 1.82) is 0 Å². The maximum Gasteiger partial charge on any atom is 0.310 e. The van der Waals surface area contributed by atoms with Gasteiger partial charge in [-0.05, 0) is 209 Å². The molecule has 16 rings (SSSR count). The number of halogens is 1. The number of methoxy groups -OCH3 is 3. The first kappa shape index (κ1) is 88.7. The van der Waals surface area contributed by atoms with Gasteiger partial charge in [0.1, 0.15) is 92.2 Å². The molecule has 0 aromatic heterocycles. The van der Waals surface area contributed by atoms with Crippen LogP contribution >= 0.6 is 0 Å². The van der Waals surface area contributed by atoms with E-state index in [0.29, 0.717) is 86.8 Å². The Morgan fingerprint density at radius 3 is 0.902 bits per heavy atom. The molecule has 4 N–H and O–H groups in total. The van der Waals surface area contributed by atoms with Crippen LogP contribution in [0.3, 0.4) is 0 Å². The molecule has 4 fully saturated rings. The lowest BCUT2D eigenvalue weighted by Crippen LogP contribution is -2.52. The van der Waals surface area contributed by atoms with Crippen molar-refractivity contribution in [3.8, 4) is 63.2 Å². The van der Waals surface area contributed by atoms with E-state index in [1.165, 1.54) is 12.1 Å². The predicted molar refractivity (Wildman–Crippen MR) is 473 cm³/mol. The highest BCUT2D eigenvalue weighted by Crippen LogP contribution is 2.46. The van der Waals surface area contributed by atoms with Gasteiger partial charge in [0.05, 0.1) is 65.2 Å². The van der Waals surface area contributed by atoms with Crippen LogP contribution in [-0.2, 0) is 19.2 Å². The summed E-state index contributed by atoms with van der Waals surface area (Å²) in [5.74, 6) is 7.72. The molecule has 0 unspecified atom stereocenters. The number of carboxylic acid groups (broad SMARTS) is 4. The highest BCUT2D eigenvalue weighted by Gasteiger charge is 2.39. The van der Waals surface area contributed by atoms with Crippen LogP contribution in [0.4, 0.5) is 27.1 Å². The molecule has 8 aliphatic heterocycles. The number of ether oxygens (including phenoxy) is 7. The minimum atomic E-state index is -0.804. The molecule has 0 bridgehead atoms. The fourth-order valence-electron chi connectivity index (χ4n) is 15.8. The van der Waals surface area contributed by atoms with Crippen molar-refractivity contribution < 1.29 is 77.2 Å². The molecule has 123 heavy (non-hydrogen) atoms. The lowest BCUT2D eigenvalue weighted by molar-refractivity contribution is -0.149. The van der Waals surface area contributed by atoms with Crippen LogP contribution in [0.2, 0.25) is 0 Å². The van der Waals surface area contributed by atoms with Crippen molar-refractivity contribution in [3.63, 3.8) is 0 Å². The highest BCUT2D eigenvalue weighted by molar-refractivity contribution is 6.07. The van der Waals surface area contributed by atoms with Gasteiger partial charge in [0.2, 0.25) is 0 Å². The van der Waals surface area contributed by atoms with Crippen LogP contribution in [0, 0.1) is 55.2 Å². The smallest absolute Gasteiger partial charge is 0.310 e. The Morgan fingerprint density at radius 1 is 0.309 bits per heavy atom. The maximum atomic E-state index is 14.1. The summed E-state index contributed by atoms with van der Waals surface area (Å²) in [5.41, 5.74) is 7.78. The van der Waals surface area contributed by atoms with Crippen LogP contribution in [0.1, 0.15) is 99.9 Å². The summed E-state index contributed by atoms with van der Waals surface area (Å²) < 4.78 is 55.1. The normalized spacial score (nSPS) is 16.6. The molecule has 0 aliphatic carbocycles. The highest BCUT2D eigenvalue weighted by atomic mass is 19.1. The van der Waals surface area contributed by atoms with E-state index in [9.17, 15) is 44.0 Å². The number of benzene rings is 8. The van der Waals surface area contributed by atoms with Gasteiger partial charge in [0.25, 0.3) is 0 Å². The van der Waals surface area contributed by atoms with E-state index in [-0.39, 0.29) is 5.82 Å². The standard InChI is InChI=1S/3C24H29N3O4.C23H26FN3O3/c1-16-5-7-21-19(13-16)25-22(18-14-17(30-4)6-8-20(18)31-21)27-11-9-26(10-12-27)15-24(2,3)23(28)29;1-16-5-7-20-18(13-16)22(25-19-14-17(30-4)6-8-21(19)31-20)27-11-9-26(10-12-27)15-24(2,3)23(28)29;1-16-5-7-18-21(13-16)31-20-8-6-17(30-4)14-19(20)25-22(18)27-11-9-26(10-12-27)15-24(2,3)23(28)29;1-15-4-6-20-18(12-15)25-21(17-13-16(24)5-7-19(17)30-20)27-10-8-26(9-11-27)14-23(2,3)22(28)29/h3*5-8,13-14H,9-12,15H2,1-4H3,(H,28,29);4-7,12-13H,8-11,14H2,1-3H3,(H,28,29).